The molecule has 0 spiro atoms. The highest BCUT2D eigenvalue weighted by Gasteiger charge is 2.13. The van der Waals surface area contributed by atoms with E-state index in [-0.39, 0.29) is 5.78 Å². The lowest BCUT2D eigenvalue weighted by atomic mass is 10.2. The molecule has 0 aromatic carbocycles. The predicted molar refractivity (Wildman–Crippen MR) is 54.5 cm³/mol. The molecule has 0 aliphatic heterocycles. The largest absolute Gasteiger partial charge is 0.287 e. The molecule has 0 aliphatic carbocycles. The summed E-state index contributed by atoms with van der Waals surface area (Å²) in [5.74, 6) is -0.0877. The van der Waals surface area contributed by atoms with Gasteiger partial charge in [-0.1, -0.05) is 0 Å². The zero-order valence-corrected chi connectivity index (χ0v) is 8.71. The van der Waals surface area contributed by atoms with Crippen LogP contribution in [0, 0.1) is 0 Å². The maximum absolute atomic E-state index is 11.9. The minimum absolute atomic E-state index is 0.0877. The molecule has 0 saturated heterocycles. The van der Waals surface area contributed by atoms with Gasteiger partial charge in [0.1, 0.15) is 5.69 Å². The number of carbonyl (C=O) groups is 1. The highest BCUT2D eigenvalue weighted by atomic mass is 16.1. The molecule has 5 nitrogen and oxygen atoms in total. The van der Waals surface area contributed by atoms with Gasteiger partial charge in [0.05, 0.1) is 11.8 Å². The fourth-order valence-electron chi connectivity index (χ4n) is 1.34. The molecule has 0 bridgehead atoms. The second-order valence-corrected chi connectivity index (χ2v) is 3.29. The van der Waals surface area contributed by atoms with Crippen molar-refractivity contribution in [3.63, 3.8) is 0 Å². The number of carbonyl (C=O) groups excluding carboxylic acids is 1. The summed E-state index contributed by atoms with van der Waals surface area (Å²) < 4.78 is 3.33. The Morgan fingerprint density at radius 1 is 1.53 bits per heavy atom. The maximum atomic E-state index is 11.9. The van der Waals surface area contributed by atoms with E-state index in [0.717, 1.165) is 6.54 Å². The van der Waals surface area contributed by atoms with E-state index < -0.39 is 0 Å². The fraction of sp³-hybridized carbons (Fsp3) is 0.300. The van der Waals surface area contributed by atoms with Crippen molar-refractivity contribution >= 4 is 5.78 Å². The molecule has 2 aromatic heterocycles. The first-order chi connectivity index (χ1) is 7.20. The van der Waals surface area contributed by atoms with Crippen molar-refractivity contribution in [2.75, 3.05) is 0 Å². The molecule has 78 valence electrons. The molecule has 0 N–H and O–H groups in total. The minimum Gasteiger partial charge on any atom is -0.287 e. The molecule has 2 aromatic rings. The van der Waals surface area contributed by atoms with E-state index in [1.807, 2.05) is 6.92 Å². The molecular weight excluding hydrogens is 192 g/mol. The third kappa shape index (κ3) is 1.81. The summed E-state index contributed by atoms with van der Waals surface area (Å²) in [6, 6.07) is 1.70. The second kappa shape index (κ2) is 3.68. The summed E-state index contributed by atoms with van der Waals surface area (Å²) in [7, 11) is 1.78. The Kier molecular flexibility index (Phi) is 2.37. The minimum atomic E-state index is -0.0877. The fourth-order valence-corrected chi connectivity index (χ4v) is 1.34. The highest BCUT2D eigenvalue weighted by molar-refractivity contribution is 6.07. The van der Waals surface area contributed by atoms with Gasteiger partial charge in [-0.2, -0.15) is 10.2 Å². The Labute approximate surface area is 87.3 Å². The van der Waals surface area contributed by atoms with Gasteiger partial charge >= 0.3 is 0 Å². The van der Waals surface area contributed by atoms with Crippen molar-refractivity contribution in [1.29, 1.82) is 0 Å². The highest BCUT2D eigenvalue weighted by Crippen LogP contribution is 2.06. The number of hydrogen-bond acceptors (Lipinski definition) is 3. The lowest BCUT2D eigenvalue weighted by molar-refractivity contribution is 0.103. The van der Waals surface area contributed by atoms with Gasteiger partial charge in [-0.15, -0.1) is 0 Å². The van der Waals surface area contributed by atoms with Crippen molar-refractivity contribution in [3.05, 3.63) is 35.9 Å². The van der Waals surface area contributed by atoms with Crippen LogP contribution in [0.25, 0.3) is 0 Å². The van der Waals surface area contributed by atoms with Crippen LogP contribution in [0.1, 0.15) is 23.0 Å². The first-order valence-electron chi connectivity index (χ1n) is 4.77. The number of rotatable bonds is 3. The Morgan fingerprint density at radius 3 is 2.87 bits per heavy atom. The van der Waals surface area contributed by atoms with E-state index in [0.29, 0.717) is 11.3 Å². The molecule has 0 saturated carbocycles. The zero-order valence-electron chi connectivity index (χ0n) is 8.71. The molecule has 0 radical (unpaired) electrons. The van der Waals surface area contributed by atoms with E-state index in [9.17, 15) is 4.79 Å². The van der Waals surface area contributed by atoms with Crippen LogP contribution in [0.5, 0.6) is 0 Å². The number of ketones is 1. The molecule has 15 heavy (non-hydrogen) atoms. The van der Waals surface area contributed by atoms with E-state index in [1.54, 1.807) is 41.1 Å². The van der Waals surface area contributed by atoms with Crippen LogP contribution in [0.2, 0.25) is 0 Å². The number of aromatic nitrogens is 4. The molecular formula is C10H12N4O. The van der Waals surface area contributed by atoms with Crippen molar-refractivity contribution in [1.82, 2.24) is 19.6 Å². The summed E-state index contributed by atoms with van der Waals surface area (Å²) in [4.78, 5) is 11.9. The van der Waals surface area contributed by atoms with Crippen molar-refractivity contribution in [2.45, 2.75) is 13.5 Å². The monoisotopic (exact) mass is 204 g/mol. The number of hydrogen-bond donors (Lipinski definition) is 0. The Morgan fingerprint density at radius 2 is 2.33 bits per heavy atom. The smallest absolute Gasteiger partial charge is 0.216 e. The molecule has 2 rings (SSSR count). The molecule has 5 heteroatoms. The average Bonchev–Trinajstić information content (AvgIpc) is 2.84. The first kappa shape index (κ1) is 9.64. The molecule has 0 unspecified atom stereocenters. The molecule has 0 atom stereocenters. The Bertz CT molecular complexity index is 483. The lowest BCUT2D eigenvalue weighted by Gasteiger charge is -1.92. The summed E-state index contributed by atoms with van der Waals surface area (Å²) >= 11 is 0. The zero-order chi connectivity index (χ0) is 10.8. The Hall–Kier alpha value is -1.91. The van der Waals surface area contributed by atoms with Gasteiger partial charge in [0.15, 0.2) is 0 Å². The maximum Gasteiger partial charge on any atom is 0.216 e. The second-order valence-electron chi connectivity index (χ2n) is 3.29. The SMILES string of the molecule is CCn1cc(C(=O)c2ccn(C)n2)cn1. The normalized spacial score (nSPS) is 10.5. The van der Waals surface area contributed by atoms with Crippen molar-refractivity contribution in [2.24, 2.45) is 7.05 Å². The van der Waals surface area contributed by atoms with Crippen molar-refractivity contribution in [3.8, 4) is 0 Å². The van der Waals surface area contributed by atoms with Gasteiger partial charge in [-0.05, 0) is 13.0 Å². The van der Waals surface area contributed by atoms with Crippen LogP contribution < -0.4 is 0 Å². The van der Waals surface area contributed by atoms with Crippen LogP contribution in [0.3, 0.4) is 0 Å². The number of nitrogens with zero attached hydrogens (tertiary/aromatic N) is 4. The van der Waals surface area contributed by atoms with E-state index in [2.05, 4.69) is 10.2 Å². The van der Waals surface area contributed by atoms with E-state index >= 15 is 0 Å². The van der Waals surface area contributed by atoms with Crippen molar-refractivity contribution < 1.29 is 4.79 Å². The van der Waals surface area contributed by atoms with Gasteiger partial charge in [-0.25, -0.2) is 0 Å². The third-order valence-electron chi connectivity index (χ3n) is 2.17. The summed E-state index contributed by atoms with van der Waals surface area (Å²) in [6.07, 6.45) is 5.05. The average molecular weight is 204 g/mol. The summed E-state index contributed by atoms with van der Waals surface area (Å²) in [6.45, 7) is 2.73. The van der Waals surface area contributed by atoms with Crippen LogP contribution in [-0.2, 0) is 13.6 Å². The molecule has 0 fully saturated rings. The lowest BCUT2D eigenvalue weighted by Crippen LogP contribution is -2.02. The number of aryl methyl sites for hydroxylation is 2. The van der Waals surface area contributed by atoms with Crippen LogP contribution >= 0.6 is 0 Å². The molecule has 0 aliphatic rings. The summed E-state index contributed by atoms with van der Waals surface area (Å²) in [5.41, 5.74) is 1.03. The van der Waals surface area contributed by atoms with Gasteiger partial charge in [0.2, 0.25) is 5.78 Å². The summed E-state index contributed by atoms with van der Waals surface area (Å²) in [5, 5.41) is 8.10. The van der Waals surface area contributed by atoms with Gasteiger partial charge in [0, 0.05) is 26.0 Å². The van der Waals surface area contributed by atoms with Gasteiger partial charge in [-0.3, -0.25) is 14.2 Å². The third-order valence-corrected chi connectivity index (χ3v) is 2.17. The molecule has 0 amide bonds. The Balaban J connectivity index is 2.28. The van der Waals surface area contributed by atoms with Crippen LogP contribution in [-0.4, -0.2) is 25.3 Å². The van der Waals surface area contributed by atoms with E-state index in [1.165, 1.54) is 0 Å². The van der Waals surface area contributed by atoms with E-state index in [4.69, 9.17) is 0 Å². The molecule has 2 heterocycles. The predicted octanol–water partition coefficient (Wildman–Crippen LogP) is 0.867. The van der Waals surface area contributed by atoms with Crippen LogP contribution in [0.15, 0.2) is 24.7 Å². The topological polar surface area (TPSA) is 52.7 Å². The standard InChI is InChI=1S/C10H12N4O/c1-3-14-7-8(6-11-14)10(15)9-4-5-13(2)12-9/h4-7H,3H2,1-2H3. The van der Waals surface area contributed by atoms with Gasteiger partial charge < -0.3 is 0 Å². The van der Waals surface area contributed by atoms with Gasteiger partial charge in [0.25, 0.3) is 0 Å². The quantitative estimate of drug-likeness (QED) is 0.697. The first-order valence-corrected chi connectivity index (χ1v) is 4.77. The van der Waals surface area contributed by atoms with Crippen LogP contribution in [0.4, 0.5) is 0 Å².